The Morgan fingerprint density at radius 2 is 1.53 bits per heavy atom. The number of hydrogen-bond donors (Lipinski definition) is 0. The number of sulfonamides is 1. The number of piperazine rings is 1. The van der Waals surface area contributed by atoms with E-state index in [4.69, 9.17) is 4.74 Å². The summed E-state index contributed by atoms with van der Waals surface area (Å²) < 4.78 is 32.0. The van der Waals surface area contributed by atoms with Crippen molar-refractivity contribution in [3.05, 3.63) is 64.7 Å². The van der Waals surface area contributed by atoms with E-state index >= 15 is 0 Å². The van der Waals surface area contributed by atoms with Crippen molar-refractivity contribution < 1.29 is 22.7 Å². The second-order valence-corrected chi connectivity index (χ2v) is 9.41. The molecule has 1 aliphatic heterocycles. The number of carbonyl (C=O) groups excluding carboxylic acids is 2. The van der Waals surface area contributed by atoms with Crippen LogP contribution < -0.4 is 0 Å². The quantitative estimate of drug-likeness (QED) is 0.680. The lowest BCUT2D eigenvalue weighted by Crippen LogP contribution is -2.51. The molecule has 0 radical (unpaired) electrons. The molecule has 2 aromatic carbocycles. The summed E-state index contributed by atoms with van der Waals surface area (Å²) in [6.45, 7) is 6.30. The summed E-state index contributed by atoms with van der Waals surface area (Å²) >= 11 is 0. The van der Waals surface area contributed by atoms with E-state index < -0.39 is 16.0 Å². The minimum absolute atomic E-state index is 0.201. The molecule has 7 nitrogen and oxygen atoms in total. The predicted octanol–water partition coefficient (Wildman–Crippen LogP) is 2.30. The fraction of sp³-hybridized carbons (Fsp3) is 0.364. The molecule has 0 saturated carbocycles. The first kappa shape index (κ1) is 22.0. The first-order valence-corrected chi connectivity index (χ1v) is 11.2. The van der Waals surface area contributed by atoms with E-state index in [1.165, 1.54) is 9.21 Å². The van der Waals surface area contributed by atoms with Crippen molar-refractivity contribution in [3.63, 3.8) is 0 Å². The van der Waals surface area contributed by atoms with Crippen LogP contribution in [0.15, 0.2) is 47.4 Å². The number of benzene rings is 2. The van der Waals surface area contributed by atoms with Gasteiger partial charge in [-0.2, -0.15) is 4.31 Å². The molecular formula is C22H26N2O5S. The van der Waals surface area contributed by atoms with Crippen LogP contribution in [0.3, 0.4) is 0 Å². The highest BCUT2D eigenvalue weighted by atomic mass is 32.2. The Morgan fingerprint density at radius 1 is 0.900 bits per heavy atom. The zero-order valence-electron chi connectivity index (χ0n) is 17.4. The van der Waals surface area contributed by atoms with Crippen LogP contribution in [0.4, 0.5) is 0 Å². The van der Waals surface area contributed by atoms with Crippen molar-refractivity contribution in [2.24, 2.45) is 0 Å². The Kier molecular flexibility index (Phi) is 6.58. The third-order valence-corrected chi connectivity index (χ3v) is 7.23. The van der Waals surface area contributed by atoms with E-state index in [0.717, 1.165) is 16.7 Å². The first-order valence-electron chi connectivity index (χ1n) is 9.77. The fourth-order valence-corrected chi connectivity index (χ4v) is 4.63. The fourth-order valence-electron chi connectivity index (χ4n) is 3.21. The van der Waals surface area contributed by atoms with Crippen molar-refractivity contribution in [1.29, 1.82) is 0 Å². The van der Waals surface area contributed by atoms with Crippen molar-refractivity contribution in [3.8, 4) is 0 Å². The lowest BCUT2D eigenvalue weighted by molar-refractivity contribution is -0.135. The van der Waals surface area contributed by atoms with Gasteiger partial charge in [-0.25, -0.2) is 13.2 Å². The van der Waals surface area contributed by atoms with E-state index in [1.54, 1.807) is 36.4 Å². The van der Waals surface area contributed by atoms with Crippen LogP contribution in [-0.4, -0.2) is 62.3 Å². The largest absolute Gasteiger partial charge is 0.452 e. The number of aryl methyl sites for hydroxylation is 3. The Bertz CT molecular complexity index is 1040. The monoisotopic (exact) mass is 430 g/mol. The minimum atomic E-state index is -3.59. The Hall–Kier alpha value is -2.71. The molecule has 1 saturated heterocycles. The van der Waals surface area contributed by atoms with E-state index in [1.807, 2.05) is 26.8 Å². The average molecular weight is 431 g/mol. The van der Waals surface area contributed by atoms with Gasteiger partial charge in [0.2, 0.25) is 10.0 Å². The van der Waals surface area contributed by atoms with Gasteiger partial charge in [0.05, 0.1) is 10.5 Å². The molecule has 160 valence electrons. The number of nitrogens with zero attached hydrogens (tertiary/aromatic N) is 2. The molecule has 0 aliphatic carbocycles. The van der Waals surface area contributed by atoms with Gasteiger partial charge >= 0.3 is 5.97 Å². The Labute approximate surface area is 177 Å². The van der Waals surface area contributed by atoms with Crippen LogP contribution in [0.5, 0.6) is 0 Å². The SMILES string of the molecule is Cc1ccc(S(=O)(=O)N2CCN(C(=O)COC(=O)c3ccc(C)c(C)c3)CC2)cc1. The lowest BCUT2D eigenvalue weighted by Gasteiger charge is -2.33. The molecule has 0 spiro atoms. The summed E-state index contributed by atoms with van der Waals surface area (Å²) in [4.78, 5) is 26.3. The van der Waals surface area contributed by atoms with E-state index in [9.17, 15) is 18.0 Å². The van der Waals surface area contributed by atoms with E-state index in [-0.39, 0.29) is 43.6 Å². The second kappa shape index (κ2) is 8.97. The van der Waals surface area contributed by atoms with Gasteiger partial charge in [0.15, 0.2) is 6.61 Å². The van der Waals surface area contributed by atoms with Crippen molar-refractivity contribution in [1.82, 2.24) is 9.21 Å². The van der Waals surface area contributed by atoms with Crippen molar-refractivity contribution >= 4 is 21.9 Å². The highest BCUT2D eigenvalue weighted by molar-refractivity contribution is 7.89. The Balaban J connectivity index is 1.53. The molecule has 30 heavy (non-hydrogen) atoms. The van der Waals surface area contributed by atoms with Gasteiger partial charge in [0.25, 0.3) is 5.91 Å². The number of rotatable bonds is 5. The number of ether oxygens (including phenoxy) is 1. The maximum absolute atomic E-state index is 12.8. The lowest BCUT2D eigenvalue weighted by atomic mass is 10.1. The molecule has 0 atom stereocenters. The van der Waals surface area contributed by atoms with Gasteiger partial charge in [-0.15, -0.1) is 0 Å². The second-order valence-electron chi connectivity index (χ2n) is 7.47. The summed E-state index contributed by atoms with van der Waals surface area (Å²) in [6, 6.07) is 11.9. The zero-order valence-corrected chi connectivity index (χ0v) is 18.2. The van der Waals surface area contributed by atoms with Gasteiger partial charge < -0.3 is 9.64 Å². The summed E-state index contributed by atoms with van der Waals surface area (Å²) in [5.41, 5.74) is 3.43. The minimum Gasteiger partial charge on any atom is -0.452 e. The third-order valence-electron chi connectivity index (χ3n) is 5.32. The smallest absolute Gasteiger partial charge is 0.338 e. The predicted molar refractivity (Wildman–Crippen MR) is 113 cm³/mol. The maximum Gasteiger partial charge on any atom is 0.338 e. The summed E-state index contributed by atoms with van der Waals surface area (Å²) in [5.74, 6) is -0.883. The van der Waals surface area contributed by atoms with Crippen LogP contribution in [-0.2, 0) is 19.6 Å². The molecule has 0 N–H and O–H groups in total. The molecule has 0 aromatic heterocycles. The Morgan fingerprint density at radius 3 is 2.13 bits per heavy atom. The van der Waals surface area contributed by atoms with Crippen molar-refractivity contribution in [2.45, 2.75) is 25.7 Å². The van der Waals surface area contributed by atoms with Gasteiger partial charge in [0.1, 0.15) is 0 Å². The highest BCUT2D eigenvalue weighted by Gasteiger charge is 2.30. The van der Waals surface area contributed by atoms with Crippen LogP contribution in [0.1, 0.15) is 27.0 Å². The number of hydrogen-bond acceptors (Lipinski definition) is 5. The molecule has 1 fully saturated rings. The number of amides is 1. The van der Waals surface area contributed by atoms with Crippen LogP contribution in [0.25, 0.3) is 0 Å². The van der Waals surface area contributed by atoms with Gasteiger partial charge in [0, 0.05) is 26.2 Å². The van der Waals surface area contributed by atoms with Gasteiger partial charge in [-0.3, -0.25) is 4.79 Å². The first-order chi connectivity index (χ1) is 14.2. The molecular weight excluding hydrogens is 404 g/mol. The molecule has 3 rings (SSSR count). The molecule has 0 bridgehead atoms. The summed E-state index contributed by atoms with van der Waals surface area (Å²) in [7, 11) is -3.59. The zero-order chi connectivity index (χ0) is 21.9. The highest BCUT2D eigenvalue weighted by Crippen LogP contribution is 2.18. The van der Waals surface area contributed by atoms with Gasteiger partial charge in [-0.05, 0) is 56.2 Å². The molecule has 1 heterocycles. The molecule has 1 amide bonds. The van der Waals surface area contributed by atoms with Crippen LogP contribution >= 0.6 is 0 Å². The van der Waals surface area contributed by atoms with Crippen molar-refractivity contribution in [2.75, 3.05) is 32.8 Å². The summed E-state index contributed by atoms with van der Waals surface area (Å²) in [6.07, 6.45) is 0. The molecule has 1 aliphatic rings. The molecule has 2 aromatic rings. The van der Waals surface area contributed by atoms with E-state index in [0.29, 0.717) is 5.56 Å². The molecule has 0 unspecified atom stereocenters. The summed E-state index contributed by atoms with van der Waals surface area (Å²) in [5, 5.41) is 0. The van der Waals surface area contributed by atoms with Gasteiger partial charge in [-0.1, -0.05) is 23.8 Å². The standard InChI is InChI=1S/C22H26N2O5S/c1-16-4-8-20(9-5-16)30(27,28)24-12-10-23(11-13-24)21(25)15-29-22(26)19-7-6-17(2)18(3)14-19/h4-9,14H,10-13,15H2,1-3H3. The molecule has 8 heteroatoms. The number of carbonyl (C=O) groups is 2. The maximum atomic E-state index is 12.8. The normalized spacial score (nSPS) is 15.1. The number of esters is 1. The third kappa shape index (κ3) is 4.88. The topological polar surface area (TPSA) is 84.0 Å². The average Bonchev–Trinajstić information content (AvgIpc) is 2.74. The van der Waals surface area contributed by atoms with E-state index in [2.05, 4.69) is 0 Å². The van der Waals surface area contributed by atoms with Crippen LogP contribution in [0, 0.1) is 20.8 Å². The van der Waals surface area contributed by atoms with Crippen LogP contribution in [0.2, 0.25) is 0 Å².